The van der Waals surface area contributed by atoms with Gasteiger partial charge in [0, 0.05) is 26.5 Å². The minimum Gasteiger partial charge on any atom is -0.396 e. The topological polar surface area (TPSA) is 180 Å². The van der Waals surface area contributed by atoms with Gasteiger partial charge >= 0.3 is 11.6 Å². The van der Waals surface area contributed by atoms with E-state index in [1.54, 1.807) is 20.0 Å². The number of Topliss-reactive ketones (excluding diaryl/α,β-unsaturated/α-hetero) is 2. The fourth-order valence-corrected chi connectivity index (χ4v) is 2.93. The summed E-state index contributed by atoms with van der Waals surface area (Å²) in [7, 11) is 0. The highest BCUT2D eigenvalue weighted by molar-refractivity contribution is 6.40. The minimum atomic E-state index is -0.744. The summed E-state index contributed by atoms with van der Waals surface area (Å²) in [5, 5.41) is 0. The van der Waals surface area contributed by atoms with Crippen LogP contribution < -0.4 is 11.6 Å². The number of nitrogens with one attached hydrogen (secondary N) is 1. The Morgan fingerprint density at radius 2 is 1.47 bits per heavy atom. The van der Waals surface area contributed by atoms with Crippen molar-refractivity contribution in [3.63, 3.8) is 0 Å². The van der Waals surface area contributed by atoms with Crippen LogP contribution in [0.15, 0.2) is 50.2 Å². The summed E-state index contributed by atoms with van der Waals surface area (Å²) in [4.78, 5) is 54.3. The van der Waals surface area contributed by atoms with E-state index in [-0.39, 0.29) is 31.4 Å². The maximum absolute atomic E-state index is 11.1. The van der Waals surface area contributed by atoms with Gasteiger partial charge in [0.2, 0.25) is 0 Å². The number of aryl methyl sites for hydroxylation is 2. The van der Waals surface area contributed by atoms with Gasteiger partial charge in [-0.05, 0) is 19.4 Å². The molecule has 4 rings (SSSR count). The molecule has 0 radical (unpaired) electrons. The van der Waals surface area contributed by atoms with Crippen molar-refractivity contribution >= 4 is 17.3 Å². The van der Waals surface area contributed by atoms with E-state index < -0.39 is 11.6 Å². The van der Waals surface area contributed by atoms with E-state index >= 15 is 0 Å². The van der Waals surface area contributed by atoms with Crippen LogP contribution in [0.25, 0.3) is 0 Å². The largest absolute Gasteiger partial charge is 0.519 e. The number of carbonyl (C=O) groups excluding carboxylic acids is 2. The van der Waals surface area contributed by atoms with Gasteiger partial charge < -0.3 is 32.1 Å². The number of hydrogen-bond donors (Lipinski definition) is 1. The summed E-state index contributed by atoms with van der Waals surface area (Å²) in [6, 6.07) is 0. The summed E-state index contributed by atoms with van der Waals surface area (Å²) in [6.45, 7) is 7.01. The first-order chi connectivity index (χ1) is 17.1. The molecule has 1 aliphatic rings. The van der Waals surface area contributed by atoms with Gasteiger partial charge in [-0.2, -0.15) is 0 Å². The first-order valence-electron chi connectivity index (χ1n) is 10.8. The number of imidazole rings is 1. The van der Waals surface area contributed by atoms with Crippen molar-refractivity contribution in [2.24, 2.45) is 4.99 Å². The van der Waals surface area contributed by atoms with Crippen molar-refractivity contribution in [2.45, 2.75) is 53.9 Å². The van der Waals surface area contributed by atoms with Crippen LogP contribution in [0.2, 0.25) is 0 Å². The van der Waals surface area contributed by atoms with Gasteiger partial charge in [-0.3, -0.25) is 14.6 Å². The lowest BCUT2D eigenvalue weighted by Gasteiger charge is -2.02. The molecule has 36 heavy (non-hydrogen) atoms. The van der Waals surface area contributed by atoms with Gasteiger partial charge in [0.1, 0.15) is 24.7 Å². The molecule has 0 aliphatic carbocycles. The molecule has 0 unspecified atom stereocenters. The molecule has 13 heteroatoms. The molecule has 1 aliphatic heterocycles. The molecule has 0 fully saturated rings. The third-order valence-corrected chi connectivity index (χ3v) is 4.85. The number of hydrogen-bond acceptors (Lipinski definition) is 12. The third-order valence-electron chi connectivity index (χ3n) is 4.85. The standard InChI is InChI=1S/C12H13NO5.C11H12N2O5/c1-7(14)10-3-9(4-13-10)5-16-6-11-8(2)17-12(15)18-11;1-6(14)10-12-3-8(13-10)4-16-5-9-7(2)17-11(15)18-9/h4H,3,5-6H2,1-2H3;3H,4-5H2,1-2H3,(H,12,13). The predicted molar refractivity (Wildman–Crippen MR) is 122 cm³/mol. The lowest BCUT2D eigenvalue weighted by Crippen LogP contribution is -2.09. The van der Waals surface area contributed by atoms with Gasteiger partial charge in [-0.25, -0.2) is 14.6 Å². The van der Waals surface area contributed by atoms with Crippen LogP contribution in [0.4, 0.5) is 0 Å². The molecule has 0 bridgehead atoms. The second-order valence-electron chi connectivity index (χ2n) is 7.76. The maximum Gasteiger partial charge on any atom is 0.519 e. The van der Waals surface area contributed by atoms with E-state index in [2.05, 4.69) is 19.4 Å². The highest BCUT2D eigenvalue weighted by Crippen LogP contribution is 2.14. The van der Waals surface area contributed by atoms with Crippen molar-refractivity contribution in [2.75, 3.05) is 6.61 Å². The van der Waals surface area contributed by atoms with E-state index in [1.807, 2.05) is 0 Å². The molecule has 0 aromatic carbocycles. The molecular formula is C23H25N3O10. The normalized spacial score (nSPS) is 12.7. The van der Waals surface area contributed by atoms with E-state index in [1.165, 1.54) is 20.0 Å². The average molecular weight is 503 g/mol. The fraction of sp³-hybridized carbons (Fsp3) is 0.391. The Kier molecular flexibility index (Phi) is 8.86. The maximum atomic E-state index is 11.1. The number of nitrogens with zero attached hydrogens (tertiary/aromatic N) is 2. The Hall–Kier alpha value is -4.10. The zero-order valence-electron chi connectivity index (χ0n) is 20.2. The zero-order chi connectivity index (χ0) is 26.2. The van der Waals surface area contributed by atoms with Crippen LogP contribution in [0.1, 0.15) is 59.6 Å². The lowest BCUT2D eigenvalue weighted by molar-refractivity contribution is -0.111. The predicted octanol–water partition coefficient (Wildman–Crippen LogP) is 2.56. The molecule has 4 heterocycles. The number of aromatic amines is 1. The van der Waals surface area contributed by atoms with Crippen LogP contribution in [0.3, 0.4) is 0 Å². The lowest BCUT2D eigenvalue weighted by atomic mass is 10.1. The van der Waals surface area contributed by atoms with E-state index in [9.17, 15) is 19.2 Å². The number of aliphatic imine (C=N–C) groups is 1. The molecule has 3 aromatic heterocycles. The number of carbonyl (C=O) groups is 2. The first kappa shape index (κ1) is 26.5. The summed E-state index contributed by atoms with van der Waals surface area (Å²) < 4.78 is 29.6. The van der Waals surface area contributed by atoms with Gasteiger partial charge in [-0.1, -0.05) is 0 Å². The van der Waals surface area contributed by atoms with Gasteiger partial charge in [0.25, 0.3) is 0 Å². The Bertz CT molecular complexity index is 1400. The summed E-state index contributed by atoms with van der Waals surface area (Å²) in [5.74, 6) is 0.197. The molecule has 0 spiro atoms. The molecular weight excluding hydrogens is 478 g/mol. The molecule has 3 aromatic rings. The van der Waals surface area contributed by atoms with Crippen LogP contribution in [0.5, 0.6) is 0 Å². The van der Waals surface area contributed by atoms with Crippen molar-refractivity contribution in [3.8, 4) is 0 Å². The van der Waals surface area contributed by atoms with Crippen LogP contribution in [0, 0.1) is 13.8 Å². The molecule has 0 atom stereocenters. The van der Waals surface area contributed by atoms with Crippen molar-refractivity contribution in [3.05, 3.63) is 73.8 Å². The SMILES string of the molecule is CC(=O)C1=NC=C(COCc2oc(=O)oc2C)C1.CC(=O)c1ncc(COCc2oc(=O)oc2C)[nH]1. The first-order valence-corrected chi connectivity index (χ1v) is 10.8. The van der Waals surface area contributed by atoms with Crippen LogP contribution in [-0.4, -0.2) is 33.9 Å². The van der Waals surface area contributed by atoms with Crippen molar-refractivity contribution < 1.29 is 36.7 Å². The average Bonchev–Trinajstić information content (AvgIpc) is 3.58. The Morgan fingerprint density at radius 1 is 0.889 bits per heavy atom. The van der Waals surface area contributed by atoms with E-state index in [0.717, 1.165) is 5.57 Å². The highest BCUT2D eigenvalue weighted by Gasteiger charge is 2.15. The van der Waals surface area contributed by atoms with Crippen LogP contribution in [-0.2, 0) is 34.1 Å². The second-order valence-corrected chi connectivity index (χ2v) is 7.76. The molecule has 192 valence electrons. The Labute approximate surface area is 203 Å². The second kappa shape index (κ2) is 12.0. The van der Waals surface area contributed by atoms with Crippen LogP contribution >= 0.6 is 0 Å². The van der Waals surface area contributed by atoms with Crippen molar-refractivity contribution in [1.82, 2.24) is 9.97 Å². The van der Waals surface area contributed by atoms with E-state index in [4.69, 9.17) is 22.7 Å². The molecule has 0 amide bonds. The highest BCUT2D eigenvalue weighted by atomic mass is 16.6. The summed E-state index contributed by atoms with van der Waals surface area (Å²) in [5.41, 5.74) is 2.13. The number of aromatic nitrogens is 2. The summed E-state index contributed by atoms with van der Waals surface area (Å²) >= 11 is 0. The summed E-state index contributed by atoms with van der Waals surface area (Å²) in [6.07, 6.45) is 3.67. The van der Waals surface area contributed by atoms with Crippen molar-refractivity contribution in [1.29, 1.82) is 0 Å². The number of rotatable bonds is 10. The smallest absolute Gasteiger partial charge is 0.396 e. The number of ether oxygens (including phenoxy) is 2. The van der Waals surface area contributed by atoms with Gasteiger partial charge in [0.05, 0.1) is 30.8 Å². The third kappa shape index (κ3) is 7.45. The van der Waals surface area contributed by atoms with E-state index in [0.29, 0.717) is 53.3 Å². The monoisotopic (exact) mass is 503 g/mol. The van der Waals surface area contributed by atoms with Gasteiger partial charge in [0.15, 0.2) is 28.9 Å². The number of H-pyrrole nitrogens is 1. The Balaban J connectivity index is 0.000000201. The molecule has 0 saturated heterocycles. The fourth-order valence-electron chi connectivity index (χ4n) is 2.93. The van der Waals surface area contributed by atoms with Gasteiger partial charge in [-0.15, -0.1) is 0 Å². The molecule has 0 saturated carbocycles. The molecule has 1 N–H and O–H groups in total. The Morgan fingerprint density at radius 3 is 1.92 bits per heavy atom. The molecule has 13 nitrogen and oxygen atoms in total. The zero-order valence-corrected chi connectivity index (χ0v) is 20.2. The minimum absolute atomic E-state index is 0.0297. The number of ketones is 2. The quantitative estimate of drug-likeness (QED) is 0.402.